The molecule has 0 saturated heterocycles. The molecule has 1 fully saturated rings. The Labute approximate surface area is 140 Å². The van der Waals surface area contributed by atoms with E-state index in [9.17, 15) is 9.59 Å². The molecule has 1 heterocycles. The first-order chi connectivity index (χ1) is 11.7. The molecule has 1 aromatic heterocycles. The van der Waals surface area contributed by atoms with Crippen LogP contribution in [0.3, 0.4) is 0 Å². The van der Waals surface area contributed by atoms with Crippen LogP contribution in [0.2, 0.25) is 0 Å². The zero-order valence-electron chi connectivity index (χ0n) is 13.7. The van der Waals surface area contributed by atoms with Crippen LogP contribution in [0.15, 0.2) is 47.3 Å². The van der Waals surface area contributed by atoms with E-state index in [4.69, 9.17) is 4.74 Å². The molecule has 3 rings (SSSR count). The second-order valence-corrected chi connectivity index (χ2v) is 5.76. The zero-order valence-corrected chi connectivity index (χ0v) is 13.7. The molecule has 1 amide bonds. The highest BCUT2D eigenvalue weighted by atomic mass is 16.5. The van der Waals surface area contributed by atoms with Gasteiger partial charge in [0.1, 0.15) is 18.1 Å². The monoisotopic (exact) mass is 327 g/mol. The molecular weight excluding hydrogens is 306 g/mol. The Kier molecular flexibility index (Phi) is 4.93. The Morgan fingerprint density at radius 3 is 2.67 bits per heavy atom. The number of rotatable bonds is 7. The summed E-state index contributed by atoms with van der Waals surface area (Å²) in [6.45, 7) is 3.22. The van der Waals surface area contributed by atoms with Gasteiger partial charge in [-0.3, -0.25) is 9.59 Å². The fraction of sp³-hybridized carbons (Fsp3) is 0.389. The number of amides is 1. The van der Waals surface area contributed by atoms with Gasteiger partial charge in [-0.2, -0.15) is 5.10 Å². The number of carbonyl (C=O) groups is 1. The molecule has 0 unspecified atom stereocenters. The van der Waals surface area contributed by atoms with Gasteiger partial charge in [0.15, 0.2) is 0 Å². The molecule has 126 valence electrons. The molecule has 0 aliphatic heterocycles. The first-order valence-corrected chi connectivity index (χ1v) is 8.26. The minimum Gasteiger partial charge on any atom is -0.492 e. The lowest BCUT2D eigenvalue weighted by molar-refractivity contribution is 0.0743. The molecule has 0 radical (unpaired) electrons. The van der Waals surface area contributed by atoms with E-state index in [1.807, 2.05) is 42.2 Å². The van der Waals surface area contributed by atoms with Crippen LogP contribution in [0.4, 0.5) is 0 Å². The largest absolute Gasteiger partial charge is 0.492 e. The highest BCUT2D eigenvalue weighted by molar-refractivity contribution is 5.92. The minimum atomic E-state index is -0.238. The number of hydrogen-bond acceptors (Lipinski definition) is 4. The maximum absolute atomic E-state index is 12.5. The predicted molar refractivity (Wildman–Crippen MR) is 90.2 cm³/mol. The summed E-state index contributed by atoms with van der Waals surface area (Å²) in [5, 5.41) is 4.22. The highest BCUT2D eigenvalue weighted by Gasteiger charge is 2.32. The van der Waals surface area contributed by atoms with Crippen molar-refractivity contribution < 1.29 is 9.53 Å². The van der Waals surface area contributed by atoms with Gasteiger partial charge in [-0.25, -0.2) is 4.68 Å². The van der Waals surface area contributed by atoms with Gasteiger partial charge >= 0.3 is 0 Å². The molecule has 6 nitrogen and oxygen atoms in total. The van der Waals surface area contributed by atoms with E-state index in [2.05, 4.69) is 5.10 Å². The van der Waals surface area contributed by atoms with Crippen LogP contribution < -0.4 is 10.3 Å². The number of nitrogens with zero attached hydrogens (tertiary/aromatic N) is 3. The molecule has 2 aromatic rings. The van der Waals surface area contributed by atoms with Gasteiger partial charge < -0.3 is 9.64 Å². The third-order valence-electron chi connectivity index (χ3n) is 3.99. The van der Waals surface area contributed by atoms with Crippen molar-refractivity contribution >= 4 is 5.91 Å². The molecule has 1 saturated carbocycles. The average Bonchev–Trinajstić information content (AvgIpc) is 3.43. The number of ether oxygens (including phenoxy) is 1. The Hall–Kier alpha value is -2.63. The van der Waals surface area contributed by atoms with E-state index >= 15 is 0 Å². The molecule has 0 bridgehead atoms. The van der Waals surface area contributed by atoms with Crippen molar-refractivity contribution in [2.45, 2.75) is 32.4 Å². The van der Waals surface area contributed by atoms with Gasteiger partial charge in [-0.15, -0.1) is 0 Å². The maximum atomic E-state index is 12.5. The lowest BCUT2D eigenvalue weighted by atomic mass is 10.3. The van der Waals surface area contributed by atoms with Crippen LogP contribution in [0.25, 0.3) is 0 Å². The van der Waals surface area contributed by atoms with Crippen LogP contribution in [0.1, 0.15) is 30.3 Å². The number of aromatic nitrogens is 2. The van der Waals surface area contributed by atoms with E-state index in [1.54, 1.807) is 0 Å². The van der Waals surface area contributed by atoms with E-state index < -0.39 is 0 Å². The van der Waals surface area contributed by atoms with Crippen LogP contribution >= 0.6 is 0 Å². The van der Waals surface area contributed by atoms with Crippen molar-refractivity contribution in [3.63, 3.8) is 0 Å². The number of benzene rings is 1. The first-order valence-electron chi connectivity index (χ1n) is 8.26. The van der Waals surface area contributed by atoms with Crippen LogP contribution in [-0.4, -0.2) is 39.8 Å². The molecule has 6 heteroatoms. The van der Waals surface area contributed by atoms with E-state index in [-0.39, 0.29) is 11.5 Å². The van der Waals surface area contributed by atoms with E-state index in [1.165, 1.54) is 16.8 Å². The molecule has 0 spiro atoms. The minimum absolute atomic E-state index is 0.113. The summed E-state index contributed by atoms with van der Waals surface area (Å²) >= 11 is 0. The summed E-state index contributed by atoms with van der Waals surface area (Å²) in [5.74, 6) is 0.626. The second kappa shape index (κ2) is 7.29. The maximum Gasteiger partial charge on any atom is 0.274 e. The third-order valence-corrected chi connectivity index (χ3v) is 3.99. The lowest BCUT2D eigenvalue weighted by Crippen LogP contribution is -2.35. The molecule has 1 aliphatic carbocycles. The Morgan fingerprint density at radius 2 is 2.00 bits per heavy atom. The van der Waals surface area contributed by atoms with Gasteiger partial charge in [0.05, 0.1) is 6.54 Å². The topological polar surface area (TPSA) is 64.4 Å². The molecule has 1 aromatic carbocycles. The van der Waals surface area contributed by atoms with Crippen molar-refractivity contribution in [2.75, 3.05) is 13.2 Å². The normalized spacial score (nSPS) is 13.5. The molecule has 1 aliphatic rings. The quantitative estimate of drug-likeness (QED) is 0.780. The molecule has 0 N–H and O–H groups in total. The van der Waals surface area contributed by atoms with Crippen molar-refractivity contribution in [3.8, 4) is 5.75 Å². The predicted octanol–water partition coefficient (Wildman–Crippen LogP) is 1.95. The second-order valence-electron chi connectivity index (χ2n) is 5.76. The zero-order chi connectivity index (χ0) is 16.9. The van der Waals surface area contributed by atoms with E-state index in [0.29, 0.717) is 31.4 Å². The van der Waals surface area contributed by atoms with Gasteiger partial charge in [-0.1, -0.05) is 18.2 Å². The third kappa shape index (κ3) is 3.82. The average molecular weight is 327 g/mol. The van der Waals surface area contributed by atoms with Crippen LogP contribution in [-0.2, 0) is 6.54 Å². The lowest BCUT2D eigenvalue weighted by Gasteiger charge is -2.20. The van der Waals surface area contributed by atoms with Crippen LogP contribution in [0, 0.1) is 0 Å². The van der Waals surface area contributed by atoms with Gasteiger partial charge in [0, 0.05) is 18.7 Å². The van der Waals surface area contributed by atoms with E-state index in [0.717, 1.165) is 18.6 Å². The van der Waals surface area contributed by atoms with Crippen molar-refractivity contribution in [1.29, 1.82) is 0 Å². The Morgan fingerprint density at radius 1 is 1.25 bits per heavy atom. The van der Waals surface area contributed by atoms with Gasteiger partial charge in [0.2, 0.25) is 0 Å². The molecular formula is C18H21N3O3. The summed E-state index contributed by atoms with van der Waals surface area (Å²) in [7, 11) is 0. The standard InChI is InChI=1S/C18H21N3O3/c1-2-20(14-8-9-14)18(23)16-10-11-17(22)21(19-16)12-13-24-15-6-4-3-5-7-15/h3-7,10-11,14H,2,8-9,12-13H2,1H3. The van der Waals surface area contributed by atoms with Crippen LogP contribution in [0.5, 0.6) is 5.75 Å². The SMILES string of the molecule is CCN(C(=O)c1ccc(=O)n(CCOc2ccccc2)n1)C1CC1. The van der Waals surface area contributed by atoms with Gasteiger partial charge in [0.25, 0.3) is 11.5 Å². The van der Waals surface area contributed by atoms with Crippen molar-refractivity contribution in [2.24, 2.45) is 0 Å². The van der Waals surface area contributed by atoms with Gasteiger partial charge in [-0.05, 0) is 38.0 Å². The molecule has 24 heavy (non-hydrogen) atoms. The first kappa shape index (κ1) is 16.2. The highest BCUT2D eigenvalue weighted by Crippen LogP contribution is 2.27. The fourth-order valence-electron chi connectivity index (χ4n) is 2.59. The number of para-hydroxylation sites is 1. The van der Waals surface area contributed by atoms with Crippen molar-refractivity contribution in [1.82, 2.24) is 14.7 Å². The number of carbonyl (C=O) groups excluding carboxylic acids is 1. The fourth-order valence-corrected chi connectivity index (χ4v) is 2.59. The Bertz CT molecular complexity index is 754. The summed E-state index contributed by atoms with van der Waals surface area (Å²) in [4.78, 5) is 26.3. The Balaban J connectivity index is 1.67. The smallest absolute Gasteiger partial charge is 0.274 e. The van der Waals surface area contributed by atoms with Crippen molar-refractivity contribution in [3.05, 3.63) is 58.5 Å². The summed E-state index contributed by atoms with van der Waals surface area (Å²) in [5.41, 5.74) is 0.0701. The summed E-state index contributed by atoms with van der Waals surface area (Å²) in [6.07, 6.45) is 2.09. The summed E-state index contributed by atoms with van der Waals surface area (Å²) < 4.78 is 6.88. The number of hydrogen-bond donors (Lipinski definition) is 0. The summed E-state index contributed by atoms with van der Waals surface area (Å²) in [6, 6.07) is 12.6. The molecule has 0 atom stereocenters.